The van der Waals surface area contributed by atoms with Crippen molar-refractivity contribution < 1.29 is 29.0 Å². The van der Waals surface area contributed by atoms with Gasteiger partial charge in [0.15, 0.2) is 6.61 Å². The predicted molar refractivity (Wildman–Crippen MR) is 107 cm³/mol. The van der Waals surface area contributed by atoms with Crippen LogP contribution >= 0.6 is 0 Å². The second kappa shape index (κ2) is 8.88. The number of carbonyl (C=O) groups excluding carboxylic acids is 3. The molecule has 3 aromatic carbocycles. The summed E-state index contributed by atoms with van der Waals surface area (Å²) in [6.07, 6.45) is 0. The van der Waals surface area contributed by atoms with Crippen molar-refractivity contribution in [1.29, 1.82) is 0 Å². The molecule has 7 heteroatoms. The van der Waals surface area contributed by atoms with Crippen molar-refractivity contribution in [3.63, 3.8) is 0 Å². The van der Waals surface area contributed by atoms with Crippen molar-refractivity contribution in [1.82, 2.24) is 0 Å². The second-order valence-electron chi connectivity index (χ2n) is 6.10. The predicted octanol–water partition coefficient (Wildman–Crippen LogP) is 3.52. The van der Waals surface area contributed by atoms with E-state index in [0.717, 1.165) is 5.39 Å². The van der Waals surface area contributed by atoms with Crippen LogP contribution in [0.5, 0.6) is 5.75 Å². The number of aromatic hydroxyl groups is 1. The molecular weight excluding hydrogens is 374 g/mol. The topological polar surface area (TPSA) is 102 Å². The number of fused-ring (bicyclic) bond motifs is 1. The summed E-state index contributed by atoms with van der Waals surface area (Å²) in [4.78, 5) is 35.9. The van der Waals surface area contributed by atoms with Crippen LogP contribution in [0, 0.1) is 0 Å². The number of carbonyl (C=O) groups is 3. The Balaban J connectivity index is 1.59. The van der Waals surface area contributed by atoms with Gasteiger partial charge in [-0.2, -0.15) is 0 Å². The van der Waals surface area contributed by atoms with Crippen LogP contribution in [0.2, 0.25) is 0 Å². The summed E-state index contributed by atoms with van der Waals surface area (Å²) < 4.78 is 9.89. The number of amides is 1. The Morgan fingerprint density at radius 1 is 0.897 bits per heavy atom. The fourth-order valence-electron chi connectivity index (χ4n) is 2.73. The van der Waals surface area contributed by atoms with Crippen molar-refractivity contribution in [2.45, 2.75) is 6.92 Å². The van der Waals surface area contributed by atoms with Crippen LogP contribution in [-0.4, -0.2) is 36.2 Å². The molecule has 0 bridgehead atoms. The molecule has 0 saturated heterocycles. The van der Waals surface area contributed by atoms with E-state index in [0.29, 0.717) is 16.6 Å². The maximum absolute atomic E-state index is 12.2. The number of hydrogen-bond acceptors (Lipinski definition) is 6. The minimum atomic E-state index is -0.805. The molecule has 29 heavy (non-hydrogen) atoms. The Morgan fingerprint density at radius 2 is 1.62 bits per heavy atom. The summed E-state index contributed by atoms with van der Waals surface area (Å²) in [7, 11) is 0. The summed E-state index contributed by atoms with van der Waals surface area (Å²) in [6.45, 7) is 1.46. The number of benzene rings is 3. The second-order valence-corrected chi connectivity index (χ2v) is 6.10. The van der Waals surface area contributed by atoms with E-state index in [1.165, 1.54) is 18.2 Å². The smallest absolute Gasteiger partial charge is 0.342 e. The SMILES string of the molecule is CCOC(=O)c1ccc(NC(=O)COC(=O)c2ccc3ccccc3c2O)cc1. The highest BCUT2D eigenvalue weighted by atomic mass is 16.5. The van der Waals surface area contributed by atoms with E-state index in [1.807, 2.05) is 12.1 Å². The Labute approximate surface area is 166 Å². The molecule has 148 valence electrons. The Morgan fingerprint density at radius 3 is 2.34 bits per heavy atom. The highest BCUT2D eigenvalue weighted by molar-refractivity contribution is 6.02. The van der Waals surface area contributed by atoms with Crippen LogP contribution in [0.3, 0.4) is 0 Å². The molecule has 0 aliphatic rings. The number of phenols is 1. The van der Waals surface area contributed by atoms with Gasteiger partial charge in [0.2, 0.25) is 0 Å². The zero-order chi connectivity index (χ0) is 20.8. The minimum absolute atomic E-state index is 0.0183. The molecule has 7 nitrogen and oxygen atoms in total. The summed E-state index contributed by atoms with van der Waals surface area (Å²) in [5.41, 5.74) is 0.783. The molecule has 3 aromatic rings. The van der Waals surface area contributed by atoms with Gasteiger partial charge < -0.3 is 19.9 Å². The normalized spacial score (nSPS) is 10.4. The number of hydrogen-bond donors (Lipinski definition) is 2. The third-order valence-corrected chi connectivity index (χ3v) is 4.13. The first-order valence-corrected chi connectivity index (χ1v) is 8.94. The van der Waals surface area contributed by atoms with Crippen LogP contribution in [0.15, 0.2) is 60.7 Å². The third kappa shape index (κ3) is 4.70. The quantitative estimate of drug-likeness (QED) is 0.622. The molecule has 0 unspecified atom stereocenters. The van der Waals surface area contributed by atoms with Crippen LogP contribution in [0.25, 0.3) is 10.8 Å². The van der Waals surface area contributed by atoms with E-state index in [-0.39, 0.29) is 17.9 Å². The van der Waals surface area contributed by atoms with E-state index in [2.05, 4.69) is 5.32 Å². The maximum atomic E-state index is 12.2. The van der Waals surface area contributed by atoms with Gasteiger partial charge in [-0.1, -0.05) is 30.3 Å². The first kappa shape index (κ1) is 19.9. The average molecular weight is 393 g/mol. The van der Waals surface area contributed by atoms with Crippen LogP contribution in [-0.2, 0) is 14.3 Å². The number of nitrogens with one attached hydrogen (secondary N) is 1. The third-order valence-electron chi connectivity index (χ3n) is 4.13. The van der Waals surface area contributed by atoms with Crippen molar-refractivity contribution >= 4 is 34.3 Å². The molecule has 0 heterocycles. The van der Waals surface area contributed by atoms with Crippen LogP contribution in [0.4, 0.5) is 5.69 Å². The molecule has 3 rings (SSSR count). The molecule has 1 amide bonds. The van der Waals surface area contributed by atoms with Gasteiger partial charge in [0.25, 0.3) is 5.91 Å². The van der Waals surface area contributed by atoms with Crippen LogP contribution in [0.1, 0.15) is 27.6 Å². The number of esters is 2. The zero-order valence-electron chi connectivity index (χ0n) is 15.7. The fourth-order valence-corrected chi connectivity index (χ4v) is 2.73. The molecule has 0 fully saturated rings. The lowest BCUT2D eigenvalue weighted by molar-refractivity contribution is -0.119. The summed E-state index contributed by atoms with van der Waals surface area (Å²) >= 11 is 0. The van der Waals surface area contributed by atoms with E-state index in [9.17, 15) is 19.5 Å². The van der Waals surface area contributed by atoms with Crippen molar-refractivity contribution in [3.8, 4) is 5.75 Å². The van der Waals surface area contributed by atoms with Gasteiger partial charge in [0, 0.05) is 11.1 Å². The van der Waals surface area contributed by atoms with Gasteiger partial charge in [-0.3, -0.25) is 4.79 Å². The van der Waals surface area contributed by atoms with E-state index >= 15 is 0 Å². The van der Waals surface area contributed by atoms with Gasteiger partial charge in [-0.25, -0.2) is 9.59 Å². The Kier molecular flexibility index (Phi) is 6.09. The largest absolute Gasteiger partial charge is 0.506 e. The Hall–Kier alpha value is -3.87. The molecule has 0 spiro atoms. The van der Waals surface area contributed by atoms with E-state index in [4.69, 9.17) is 9.47 Å². The van der Waals surface area contributed by atoms with Crippen molar-refractivity contribution in [2.24, 2.45) is 0 Å². The van der Waals surface area contributed by atoms with Gasteiger partial charge in [-0.15, -0.1) is 0 Å². The maximum Gasteiger partial charge on any atom is 0.342 e. The molecule has 0 aromatic heterocycles. The van der Waals surface area contributed by atoms with Gasteiger partial charge >= 0.3 is 11.9 Å². The molecule has 0 atom stereocenters. The summed E-state index contributed by atoms with van der Waals surface area (Å²) in [6, 6.07) is 16.3. The first-order chi connectivity index (χ1) is 14.0. The number of phenolic OH excluding ortho intramolecular Hbond substituents is 1. The number of rotatable bonds is 6. The molecule has 2 N–H and O–H groups in total. The zero-order valence-corrected chi connectivity index (χ0v) is 15.7. The summed E-state index contributed by atoms with van der Waals surface area (Å²) in [5.74, 6) is -2.00. The van der Waals surface area contributed by atoms with Crippen LogP contribution < -0.4 is 5.32 Å². The monoisotopic (exact) mass is 393 g/mol. The van der Waals surface area contributed by atoms with E-state index in [1.54, 1.807) is 37.3 Å². The molecule has 0 aliphatic carbocycles. The van der Waals surface area contributed by atoms with Gasteiger partial charge in [0.1, 0.15) is 11.3 Å². The van der Waals surface area contributed by atoms with Crippen molar-refractivity contribution in [3.05, 3.63) is 71.8 Å². The van der Waals surface area contributed by atoms with Crippen molar-refractivity contribution in [2.75, 3.05) is 18.5 Å². The van der Waals surface area contributed by atoms with Gasteiger partial charge in [0.05, 0.1) is 12.2 Å². The lowest BCUT2D eigenvalue weighted by atomic mass is 10.1. The highest BCUT2D eigenvalue weighted by Gasteiger charge is 2.16. The minimum Gasteiger partial charge on any atom is -0.506 e. The number of ether oxygens (including phenoxy) is 2. The molecule has 0 radical (unpaired) electrons. The average Bonchev–Trinajstić information content (AvgIpc) is 2.73. The molecule has 0 aliphatic heterocycles. The first-order valence-electron chi connectivity index (χ1n) is 8.94. The molecular formula is C22H19NO6. The fraction of sp³-hybridized carbons (Fsp3) is 0.136. The van der Waals surface area contributed by atoms with E-state index < -0.39 is 24.5 Å². The highest BCUT2D eigenvalue weighted by Crippen LogP contribution is 2.29. The summed E-state index contributed by atoms with van der Waals surface area (Å²) in [5, 5.41) is 14.2. The van der Waals surface area contributed by atoms with Gasteiger partial charge in [-0.05, 0) is 42.6 Å². The lowest BCUT2D eigenvalue weighted by Gasteiger charge is -2.09. The number of anilines is 1. The lowest BCUT2D eigenvalue weighted by Crippen LogP contribution is -2.21. The molecule has 0 saturated carbocycles. The standard InChI is InChI=1S/C22H19NO6/c1-2-28-21(26)15-7-10-16(11-8-15)23-19(24)13-29-22(27)18-12-9-14-5-3-4-6-17(14)20(18)25/h3-12,25H,2,13H2,1H3,(H,23,24). The Bertz CT molecular complexity index is 1060.